The summed E-state index contributed by atoms with van der Waals surface area (Å²) in [6.45, 7) is 3.15. The van der Waals surface area contributed by atoms with Crippen LogP contribution in [0.4, 0.5) is 16.3 Å². The van der Waals surface area contributed by atoms with Gasteiger partial charge in [0.05, 0.1) is 18.6 Å². The van der Waals surface area contributed by atoms with E-state index in [0.29, 0.717) is 13.1 Å². The van der Waals surface area contributed by atoms with Gasteiger partial charge in [0.25, 0.3) is 0 Å². The molecule has 2 saturated heterocycles. The number of piperidine rings is 1. The number of anilines is 2. The van der Waals surface area contributed by atoms with Crippen molar-refractivity contribution in [3.05, 3.63) is 65.7 Å². The number of carbonyl (C=O) groups is 2. The summed E-state index contributed by atoms with van der Waals surface area (Å²) in [5.74, 6) is 0.886. The quantitative estimate of drug-likeness (QED) is 0.582. The van der Waals surface area contributed by atoms with Gasteiger partial charge in [-0.25, -0.2) is 9.78 Å². The highest BCUT2D eigenvalue weighted by Gasteiger charge is 2.28. The zero-order valence-electron chi connectivity index (χ0n) is 18.0. The molecule has 7 heteroatoms. The van der Waals surface area contributed by atoms with E-state index in [2.05, 4.69) is 33.7 Å². The number of fused-ring (bicyclic) bond motifs is 1. The predicted octanol–water partition coefficient (Wildman–Crippen LogP) is 3.89. The smallest absolute Gasteiger partial charge is 0.324 e. The van der Waals surface area contributed by atoms with Crippen LogP contribution >= 0.6 is 0 Å². The molecule has 0 aliphatic carbocycles. The molecule has 3 heterocycles. The summed E-state index contributed by atoms with van der Waals surface area (Å²) in [6.07, 6.45) is 3.70. The maximum Gasteiger partial charge on any atom is 0.324 e. The topological polar surface area (TPSA) is 77.6 Å². The molecular formula is C25H27N5O2. The Morgan fingerprint density at radius 1 is 0.969 bits per heavy atom. The third-order valence-electron chi connectivity index (χ3n) is 6.15. The third kappa shape index (κ3) is 4.23. The van der Waals surface area contributed by atoms with Crippen molar-refractivity contribution in [3.8, 4) is 0 Å². The zero-order valence-corrected chi connectivity index (χ0v) is 18.0. The van der Waals surface area contributed by atoms with Gasteiger partial charge in [0.2, 0.25) is 5.91 Å². The van der Waals surface area contributed by atoms with E-state index < -0.39 is 0 Å². The van der Waals surface area contributed by atoms with Gasteiger partial charge in [-0.3, -0.25) is 9.69 Å². The van der Waals surface area contributed by atoms with E-state index in [4.69, 9.17) is 4.98 Å². The van der Waals surface area contributed by atoms with E-state index in [-0.39, 0.29) is 18.5 Å². The molecule has 1 aromatic heterocycles. The maximum absolute atomic E-state index is 11.8. The van der Waals surface area contributed by atoms with E-state index in [1.165, 1.54) is 29.7 Å². The second-order valence-electron chi connectivity index (χ2n) is 8.40. The molecule has 164 valence electrons. The highest BCUT2D eigenvalue weighted by molar-refractivity contribution is 6.01. The number of nitrogens with zero attached hydrogens (tertiary/aromatic N) is 3. The zero-order chi connectivity index (χ0) is 21.9. The molecule has 2 fully saturated rings. The van der Waals surface area contributed by atoms with Crippen molar-refractivity contribution in [1.29, 1.82) is 0 Å². The molecule has 2 aromatic carbocycles. The fourth-order valence-electron chi connectivity index (χ4n) is 4.38. The molecule has 2 aliphatic rings. The molecule has 0 unspecified atom stereocenters. The van der Waals surface area contributed by atoms with Crippen molar-refractivity contribution in [2.45, 2.75) is 32.4 Å². The van der Waals surface area contributed by atoms with E-state index in [0.717, 1.165) is 41.1 Å². The highest BCUT2D eigenvalue weighted by atomic mass is 16.2. The number of hydrogen-bond acceptors (Lipinski definition) is 5. The first-order chi connectivity index (χ1) is 15.7. The Bertz CT molecular complexity index is 1120. The van der Waals surface area contributed by atoms with Crippen LogP contribution in [-0.2, 0) is 17.9 Å². The van der Waals surface area contributed by atoms with Gasteiger partial charge in [0.1, 0.15) is 5.82 Å². The number of nitrogens with one attached hydrogen (secondary N) is 2. The Morgan fingerprint density at radius 3 is 2.50 bits per heavy atom. The Morgan fingerprint density at radius 2 is 1.75 bits per heavy atom. The van der Waals surface area contributed by atoms with Crippen LogP contribution in [0, 0.1) is 0 Å². The van der Waals surface area contributed by atoms with Gasteiger partial charge < -0.3 is 15.5 Å². The molecule has 0 radical (unpaired) electrons. The van der Waals surface area contributed by atoms with Gasteiger partial charge in [-0.05, 0) is 49.1 Å². The molecule has 7 nitrogen and oxygen atoms in total. The lowest BCUT2D eigenvalue weighted by molar-refractivity contribution is -0.125. The summed E-state index contributed by atoms with van der Waals surface area (Å²) in [5, 5.41) is 7.21. The highest BCUT2D eigenvalue weighted by Crippen LogP contribution is 2.27. The first-order valence-electron chi connectivity index (χ1n) is 11.2. The molecule has 3 amide bonds. The second-order valence-corrected chi connectivity index (χ2v) is 8.40. The number of carbonyl (C=O) groups excluding carboxylic acids is 2. The Hall–Kier alpha value is -3.61. The van der Waals surface area contributed by atoms with Gasteiger partial charge in [-0.1, -0.05) is 30.3 Å². The van der Waals surface area contributed by atoms with Crippen LogP contribution in [0.2, 0.25) is 0 Å². The predicted molar refractivity (Wildman–Crippen MR) is 126 cm³/mol. The molecule has 5 rings (SSSR count). The Kier molecular flexibility index (Phi) is 5.62. The maximum atomic E-state index is 11.8. The van der Waals surface area contributed by atoms with Gasteiger partial charge >= 0.3 is 6.03 Å². The number of imide groups is 1. The number of para-hydroxylation sites is 1. The van der Waals surface area contributed by atoms with E-state index in [1.807, 2.05) is 36.4 Å². The van der Waals surface area contributed by atoms with Gasteiger partial charge in [0.15, 0.2) is 0 Å². The lowest BCUT2D eigenvalue weighted by atomic mass is 10.1. The molecule has 2 N–H and O–H groups in total. The van der Waals surface area contributed by atoms with Crippen LogP contribution in [0.5, 0.6) is 0 Å². The summed E-state index contributed by atoms with van der Waals surface area (Å²) in [4.78, 5) is 32.2. The number of benzene rings is 2. The van der Waals surface area contributed by atoms with Crippen molar-refractivity contribution >= 4 is 34.3 Å². The Balaban J connectivity index is 1.32. The van der Waals surface area contributed by atoms with E-state index >= 15 is 0 Å². The van der Waals surface area contributed by atoms with Crippen molar-refractivity contribution in [2.75, 3.05) is 29.9 Å². The van der Waals surface area contributed by atoms with Crippen LogP contribution in [0.15, 0.2) is 54.6 Å². The molecule has 0 saturated carbocycles. The molecule has 0 atom stereocenters. The minimum Gasteiger partial charge on any atom is -0.381 e. The number of pyridine rings is 1. The molecule has 3 aromatic rings. The molecular weight excluding hydrogens is 402 g/mol. The summed E-state index contributed by atoms with van der Waals surface area (Å²) in [5.41, 5.74) is 4.13. The average molecular weight is 430 g/mol. The number of hydrogen-bond donors (Lipinski definition) is 2. The summed E-state index contributed by atoms with van der Waals surface area (Å²) in [7, 11) is 0. The number of amides is 3. The summed E-state index contributed by atoms with van der Waals surface area (Å²) in [6, 6.07) is 18.1. The van der Waals surface area contributed by atoms with Gasteiger partial charge in [-0.15, -0.1) is 0 Å². The number of urea groups is 1. The van der Waals surface area contributed by atoms with Crippen LogP contribution in [0.1, 0.15) is 30.4 Å². The van der Waals surface area contributed by atoms with Crippen molar-refractivity contribution in [3.63, 3.8) is 0 Å². The fraction of sp³-hybridized carbons (Fsp3) is 0.320. The normalized spacial score (nSPS) is 16.5. The minimum atomic E-state index is -0.328. The van der Waals surface area contributed by atoms with Crippen LogP contribution in [0.25, 0.3) is 10.9 Å². The van der Waals surface area contributed by atoms with Crippen LogP contribution in [-0.4, -0.2) is 41.5 Å². The third-order valence-corrected chi connectivity index (χ3v) is 6.15. The van der Waals surface area contributed by atoms with Crippen molar-refractivity contribution in [2.24, 2.45) is 0 Å². The largest absolute Gasteiger partial charge is 0.381 e. The minimum absolute atomic E-state index is 0.0810. The molecule has 32 heavy (non-hydrogen) atoms. The molecule has 2 aliphatic heterocycles. The van der Waals surface area contributed by atoms with Crippen LogP contribution in [0.3, 0.4) is 0 Å². The molecule has 0 spiro atoms. The standard InChI is InChI=1S/C25H27N5O2/c31-23-16-27-25(32)30(23)17-18-8-10-21(11-9-18)26-15-20-14-19-6-2-3-7-22(19)28-24(20)29-12-4-1-5-13-29/h2-3,6-11,14,26H,1,4-5,12-13,15-17H2,(H,27,32). The summed E-state index contributed by atoms with van der Waals surface area (Å²) >= 11 is 0. The average Bonchev–Trinajstić information content (AvgIpc) is 3.15. The summed E-state index contributed by atoms with van der Waals surface area (Å²) < 4.78 is 0. The fourth-order valence-corrected chi connectivity index (χ4v) is 4.38. The van der Waals surface area contributed by atoms with Crippen LogP contribution < -0.4 is 15.5 Å². The lowest BCUT2D eigenvalue weighted by Gasteiger charge is -2.30. The number of rotatable bonds is 6. The van der Waals surface area contributed by atoms with Gasteiger partial charge in [0, 0.05) is 36.3 Å². The number of aromatic nitrogens is 1. The van der Waals surface area contributed by atoms with Crippen molar-refractivity contribution in [1.82, 2.24) is 15.2 Å². The molecule has 0 bridgehead atoms. The van der Waals surface area contributed by atoms with Gasteiger partial charge in [-0.2, -0.15) is 0 Å². The Labute approximate surface area is 187 Å². The first kappa shape index (κ1) is 20.3. The monoisotopic (exact) mass is 429 g/mol. The lowest BCUT2D eigenvalue weighted by Crippen LogP contribution is -2.31. The van der Waals surface area contributed by atoms with E-state index in [1.54, 1.807) is 0 Å². The first-order valence-corrected chi connectivity index (χ1v) is 11.2. The van der Waals surface area contributed by atoms with Crippen molar-refractivity contribution < 1.29 is 9.59 Å². The SMILES string of the molecule is O=C1CNC(=O)N1Cc1ccc(NCc2cc3ccccc3nc2N2CCCCC2)cc1. The second kappa shape index (κ2) is 8.86. The van der Waals surface area contributed by atoms with E-state index in [9.17, 15) is 9.59 Å².